The maximum absolute atomic E-state index is 13.3. The smallest absolute Gasteiger partial charge is 0.266 e. The number of nitrogens with one attached hydrogen (secondary N) is 1. The van der Waals surface area contributed by atoms with Crippen LogP contribution in [0.3, 0.4) is 0 Å². The van der Waals surface area contributed by atoms with Gasteiger partial charge in [-0.05, 0) is 60.7 Å². The Bertz CT molecular complexity index is 1540. The lowest BCUT2D eigenvalue weighted by molar-refractivity contribution is -0.123. The largest absolute Gasteiger partial charge is 0.326 e. The molecule has 0 radical (unpaired) electrons. The van der Waals surface area contributed by atoms with Crippen LogP contribution in [0.1, 0.15) is 36.7 Å². The van der Waals surface area contributed by atoms with Gasteiger partial charge in [-0.2, -0.15) is 5.26 Å². The van der Waals surface area contributed by atoms with Crippen LogP contribution in [0.5, 0.6) is 0 Å². The van der Waals surface area contributed by atoms with Crippen LogP contribution in [0.4, 0.5) is 5.69 Å². The van der Waals surface area contributed by atoms with E-state index < -0.39 is 5.41 Å². The minimum absolute atomic E-state index is 0.0642. The van der Waals surface area contributed by atoms with Gasteiger partial charge < -0.3 is 5.32 Å². The van der Waals surface area contributed by atoms with E-state index in [0.29, 0.717) is 38.6 Å². The quantitative estimate of drug-likeness (QED) is 0.223. The second-order valence-corrected chi connectivity index (χ2v) is 10.1. The van der Waals surface area contributed by atoms with Crippen molar-refractivity contribution in [2.24, 2.45) is 5.41 Å². The van der Waals surface area contributed by atoms with Crippen LogP contribution in [-0.2, 0) is 4.79 Å². The molecule has 180 valence electrons. The van der Waals surface area contributed by atoms with Gasteiger partial charge in [-0.1, -0.05) is 44.7 Å². The van der Waals surface area contributed by atoms with E-state index >= 15 is 0 Å². The first-order valence-corrected chi connectivity index (χ1v) is 12.3. The molecule has 0 aliphatic rings. The van der Waals surface area contributed by atoms with Gasteiger partial charge in [0.15, 0.2) is 10.9 Å². The van der Waals surface area contributed by atoms with E-state index in [9.17, 15) is 14.4 Å². The summed E-state index contributed by atoms with van der Waals surface area (Å²) >= 11 is 1.17. The average molecular weight is 497 g/mol. The minimum Gasteiger partial charge on any atom is -0.326 e. The number of hydrogen-bond acceptors (Lipinski definition) is 6. The van der Waals surface area contributed by atoms with Crippen molar-refractivity contribution in [3.8, 4) is 11.8 Å². The number of nitriles is 1. The summed E-state index contributed by atoms with van der Waals surface area (Å²) in [4.78, 5) is 43.1. The second-order valence-electron chi connectivity index (χ2n) is 9.20. The third-order valence-electron chi connectivity index (χ3n) is 5.48. The molecule has 3 aromatic carbocycles. The summed E-state index contributed by atoms with van der Waals surface area (Å²) in [7, 11) is 0. The summed E-state index contributed by atoms with van der Waals surface area (Å²) in [6, 6.07) is 22.5. The van der Waals surface area contributed by atoms with Crippen molar-refractivity contribution in [3.05, 3.63) is 94.3 Å². The second kappa shape index (κ2) is 10.2. The molecule has 0 saturated carbocycles. The molecule has 36 heavy (non-hydrogen) atoms. The normalized spacial score (nSPS) is 11.2. The Morgan fingerprint density at radius 1 is 1.00 bits per heavy atom. The molecular weight excluding hydrogens is 472 g/mol. The molecule has 0 bridgehead atoms. The van der Waals surface area contributed by atoms with E-state index in [1.54, 1.807) is 72.8 Å². The summed E-state index contributed by atoms with van der Waals surface area (Å²) < 4.78 is 1.46. The number of anilines is 1. The van der Waals surface area contributed by atoms with E-state index in [0.717, 1.165) is 0 Å². The zero-order chi connectivity index (χ0) is 25.9. The van der Waals surface area contributed by atoms with Crippen LogP contribution < -0.4 is 10.9 Å². The molecule has 7 nitrogen and oxygen atoms in total. The highest BCUT2D eigenvalue weighted by molar-refractivity contribution is 7.99. The van der Waals surface area contributed by atoms with Gasteiger partial charge in [0.2, 0.25) is 5.91 Å². The number of benzene rings is 3. The Kier molecular flexibility index (Phi) is 7.04. The predicted molar refractivity (Wildman–Crippen MR) is 142 cm³/mol. The highest BCUT2D eigenvalue weighted by atomic mass is 32.2. The summed E-state index contributed by atoms with van der Waals surface area (Å²) in [5.74, 6) is -0.183. The number of fused-ring (bicyclic) bond motifs is 1. The molecule has 0 fully saturated rings. The molecule has 1 N–H and O–H groups in total. The minimum atomic E-state index is -0.525. The van der Waals surface area contributed by atoms with Crippen molar-refractivity contribution in [2.45, 2.75) is 25.9 Å². The van der Waals surface area contributed by atoms with E-state index in [1.165, 1.54) is 16.3 Å². The number of Topliss-reactive ketones (excluding diaryl/α,β-unsaturated/α-hetero) is 1. The van der Waals surface area contributed by atoms with Crippen molar-refractivity contribution in [1.29, 1.82) is 5.26 Å². The van der Waals surface area contributed by atoms with Crippen LogP contribution in [0.25, 0.3) is 16.6 Å². The van der Waals surface area contributed by atoms with Crippen LogP contribution in [0, 0.1) is 16.7 Å². The summed E-state index contributed by atoms with van der Waals surface area (Å²) in [5.41, 5.74) is 1.91. The standard InChI is InChI=1S/C28H24N4O3S/c1-28(2,3)26(35)30-20-12-10-19(11-13-20)24(33)17-36-27-31-23-7-5-4-6-22(23)25(34)32(27)21-14-8-18(16-29)9-15-21/h4-15H,17H2,1-3H3,(H,30,35). The third kappa shape index (κ3) is 5.37. The fraction of sp³-hybridized carbons (Fsp3) is 0.179. The van der Waals surface area contributed by atoms with Gasteiger partial charge in [-0.3, -0.25) is 19.0 Å². The molecule has 1 heterocycles. The van der Waals surface area contributed by atoms with Gasteiger partial charge in [0, 0.05) is 16.7 Å². The van der Waals surface area contributed by atoms with Crippen molar-refractivity contribution in [3.63, 3.8) is 0 Å². The Morgan fingerprint density at radius 2 is 1.67 bits per heavy atom. The highest BCUT2D eigenvalue weighted by Gasteiger charge is 2.21. The zero-order valence-corrected chi connectivity index (χ0v) is 20.9. The monoisotopic (exact) mass is 496 g/mol. The van der Waals surface area contributed by atoms with Gasteiger partial charge in [0.1, 0.15) is 0 Å². The van der Waals surface area contributed by atoms with Crippen molar-refractivity contribution in [2.75, 3.05) is 11.1 Å². The van der Waals surface area contributed by atoms with Gasteiger partial charge in [0.25, 0.3) is 5.56 Å². The lowest BCUT2D eigenvalue weighted by Crippen LogP contribution is -2.27. The summed E-state index contributed by atoms with van der Waals surface area (Å²) in [5, 5.41) is 12.8. The van der Waals surface area contributed by atoms with Gasteiger partial charge in [0.05, 0.1) is 34.0 Å². The summed E-state index contributed by atoms with van der Waals surface area (Å²) in [6.45, 7) is 5.49. The predicted octanol–water partition coefficient (Wildman–Crippen LogP) is 5.22. The number of para-hydroxylation sites is 1. The Balaban J connectivity index is 1.59. The number of thioether (sulfide) groups is 1. The van der Waals surface area contributed by atoms with E-state index in [4.69, 9.17) is 5.26 Å². The van der Waals surface area contributed by atoms with Gasteiger partial charge in [-0.15, -0.1) is 0 Å². The van der Waals surface area contributed by atoms with Crippen molar-refractivity contribution >= 4 is 40.0 Å². The Morgan fingerprint density at radius 3 is 2.31 bits per heavy atom. The highest BCUT2D eigenvalue weighted by Crippen LogP contribution is 2.23. The maximum Gasteiger partial charge on any atom is 0.266 e. The molecule has 8 heteroatoms. The average Bonchev–Trinajstić information content (AvgIpc) is 2.87. The van der Waals surface area contributed by atoms with E-state index in [1.807, 2.05) is 20.8 Å². The number of carbonyl (C=O) groups excluding carboxylic acids is 2. The molecule has 0 saturated heterocycles. The van der Waals surface area contributed by atoms with Crippen molar-refractivity contribution < 1.29 is 9.59 Å². The first-order chi connectivity index (χ1) is 17.2. The maximum atomic E-state index is 13.3. The molecule has 0 aliphatic carbocycles. The van der Waals surface area contributed by atoms with Crippen LogP contribution in [0.2, 0.25) is 0 Å². The number of hydrogen-bond donors (Lipinski definition) is 1. The zero-order valence-electron chi connectivity index (χ0n) is 20.1. The molecule has 0 aliphatic heterocycles. The molecule has 0 spiro atoms. The van der Waals surface area contributed by atoms with E-state index in [2.05, 4.69) is 16.4 Å². The van der Waals surface area contributed by atoms with E-state index in [-0.39, 0.29) is 23.0 Å². The lowest BCUT2D eigenvalue weighted by atomic mass is 9.95. The number of nitrogens with zero attached hydrogens (tertiary/aromatic N) is 3. The molecule has 1 amide bonds. The number of rotatable bonds is 6. The van der Waals surface area contributed by atoms with Gasteiger partial charge >= 0.3 is 0 Å². The molecule has 1 aromatic heterocycles. The fourth-order valence-corrected chi connectivity index (χ4v) is 4.30. The van der Waals surface area contributed by atoms with Gasteiger partial charge in [-0.25, -0.2) is 4.98 Å². The molecular formula is C28H24N4O3S. The van der Waals surface area contributed by atoms with Crippen LogP contribution in [0.15, 0.2) is 82.7 Å². The number of ketones is 1. The number of amides is 1. The SMILES string of the molecule is CC(C)(C)C(=O)Nc1ccc(C(=O)CSc2nc3ccccc3c(=O)n2-c2ccc(C#N)cc2)cc1. The first-order valence-electron chi connectivity index (χ1n) is 11.3. The topological polar surface area (TPSA) is 105 Å². The van der Waals surface area contributed by atoms with Crippen LogP contribution in [-0.4, -0.2) is 27.0 Å². The molecule has 0 atom stereocenters. The Hall–Kier alpha value is -4.22. The molecule has 0 unspecified atom stereocenters. The molecule has 4 aromatic rings. The third-order valence-corrected chi connectivity index (χ3v) is 6.42. The molecule has 4 rings (SSSR count). The van der Waals surface area contributed by atoms with Crippen LogP contribution >= 0.6 is 11.8 Å². The lowest BCUT2D eigenvalue weighted by Gasteiger charge is -2.17. The fourth-order valence-electron chi connectivity index (χ4n) is 3.39. The number of aromatic nitrogens is 2. The number of carbonyl (C=O) groups is 2. The summed E-state index contributed by atoms with van der Waals surface area (Å²) in [6.07, 6.45) is 0. The Labute approximate surface area is 212 Å². The first kappa shape index (κ1) is 24.9. The van der Waals surface area contributed by atoms with Crippen molar-refractivity contribution in [1.82, 2.24) is 9.55 Å².